The maximum atomic E-state index is 12.0. The molecule has 78 valence electrons. The number of Topliss-reactive ketones (excluding diaryl/α,β-unsaturated/α-hetero) is 1. The zero-order valence-electron chi connectivity index (χ0n) is 9.34. The Balaban J connectivity index is 2.75. The van der Waals surface area contributed by atoms with Crippen LogP contribution in [0.15, 0.2) is 0 Å². The van der Waals surface area contributed by atoms with Crippen molar-refractivity contribution in [2.75, 3.05) is 0 Å². The lowest BCUT2D eigenvalue weighted by Crippen LogP contribution is -2.30. The number of carbonyl (C=O) groups excluding carboxylic acids is 1. The fourth-order valence-electron chi connectivity index (χ4n) is 2.45. The van der Waals surface area contributed by atoms with Crippen molar-refractivity contribution in [2.45, 2.75) is 46.5 Å². The number of nitriles is 1. The molecule has 0 bridgehead atoms. The van der Waals surface area contributed by atoms with Gasteiger partial charge >= 0.3 is 0 Å². The van der Waals surface area contributed by atoms with Crippen molar-refractivity contribution < 1.29 is 4.79 Å². The Morgan fingerprint density at radius 3 is 2.64 bits per heavy atom. The van der Waals surface area contributed by atoms with Gasteiger partial charge in [0.2, 0.25) is 0 Å². The van der Waals surface area contributed by atoms with Crippen molar-refractivity contribution in [3.63, 3.8) is 0 Å². The van der Waals surface area contributed by atoms with E-state index in [1.54, 1.807) is 0 Å². The molecule has 14 heavy (non-hydrogen) atoms. The second-order valence-electron chi connectivity index (χ2n) is 4.93. The van der Waals surface area contributed by atoms with E-state index >= 15 is 0 Å². The van der Waals surface area contributed by atoms with Gasteiger partial charge in [-0.1, -0.05) is 27.2 Å². The monoisotopic (exact) mass is 193 g/mol. The van der Waals surface area contributed by atoms with E-state index in [9.17, 15) is 4.79 Å². The normalized spacial score (nSPS) is 26.9. The summed E-state index contributed by atoms with van der Waals surface area (Å²) >= 11 is 0. The fraction of sp³-hybridized carbons (Fsp3) is 0.833. The molecule has 0 aromatic rings. The molecule has 0 aromatic carbocycles. The first kappa shape index (κ1) is 11.2. The molecule has 0 radical (unpaired) electrons. The maximum absolute atomic E-state index is 12.0. The zero-order valence-corrected chi connectivity index (χ0v) is 9.34. The molecule has 1 fully saturated rings. The minimum absolute atomic E-state index is 0.112. The smallest absolute Gasteiger partial charge is 0.153 e. The van der Waals surface area contributed by atoms with E-state index in [4.69, 9.17) is 5.26 Å². The van der Waals surface area contributed by atoms with Gasteiger partial charge in [0.25, 0.3) is 0 Å². The van der Waals surface area contributed by atoms with Crippen molar-refractivity contribution in [1.82, 2.24) is 0 Å². The van der Waals surface area contributed by atoms with E-state index in [2.05, 4.69) is 19.9 Å². The first-order valence-corrected chi connectivity index (χ1v) is 5.46. The zero-order chi connectivity index (χ0) is 10.8. The molecule has 0 aliphatic heterocycles. The quantitative estimate of drug-likeness (QED) is 0.691. The van der Waals surface area contributed by atoms with Crippen LogP contribution < -0.4 is 0 Å². The molecular formula is C12H19NO. The molecule has 0 N–H and O–H groups in total. The van der Waals surface area contributed by atoms with E-state index in [1.807, 2.05) is 6.92 Å². The lowest BCUT2D eigenvalue weighted by Gasteiger charge is -2.26. The summed E-state index contributed by atoms with van der Waals surface area (Å²) in [6.07, 6.45) is 3.88. The second kappa shape index (κ2) is 4.13. The topological polar surface area (TPSA) is 40.9 Å². The standard InChI is InChI=1S/C12H19NO/c1-4-9(8-13)11(14)10-6-5-7-12(10,2)3/h9-10H,4-7H2,1-3H3. The van der Waals surface area contributed by atoms with Gasteiger partial charge in [-0.05, 0) is 24.7 Å². The van der Waals surface area contributed by atoms with Gasteiger partial charge in [0.05, 0.1) is 6.07 Å². The molecule has 1 aliphatic carbocycles. The Labute approximate surface area is 86.3 Å². The highest BCUT2D eigenvalue weighted by molar-refractivity contribution is 5.86. The van der Waals surface area contributed by atoms with Gasteiger partial charge < -0.3 is 0 Å². The van der Waals surface area contributed by atoms with Crippen LogP contribution in [0.1, 0.15) is 46.5 Å². The van der Waals surface area contributed by atoms with Gasteiger partial charge in [-0.15, -0.1) is 0 Å². The molecule has 2 unspecified atom stereocenters. The molecule has 0 spiro atoms. The average Bonchev–Trinajstić information content (AvgIpc) is 2.47. The van der Waals surface area contributed by atoms with E-state index in [1.165, 1.54) is 0 Å². The van der Waals surface area contributed by atoms with E-state index in [-0.39, 0.29) is 23.0 Å². The third kappa shape index (κ3) is 1.97. The number of nitrogens with zero attached hydrogens (tertiary/aromatic N) is 1. The van der Waals surface area contributed by atoms with Crippen molar-refractivity contribution in [3.8, 4) is 6.07 Å². The molecule has 0 saturated heterocycles. The lowest BCUT2D eigenvalue weighted by molar-refractivity contribution is -0.127. The third-order valence-corrected chi connectivity index (χ3v) is 3.51. The first-order valence-electron chi connectivity index (χ1n) is 5.46. The van der Waals surface area contributed by atoms with Crippen LogP contribution in [0.5, 0.6) is 0 Å². The Morgan fingerprint density at radius 1 is 1.64 bits per heavy atom. The van der Waals surface area contributed by atoms with E-state index in [0.29, 0.717) is 6.42 Å². The third-order valence-electron chi connectivity index (χ3n) is 3.51. The predicted molar refractivity (Wildman–Crippen MR) is 55.5 cm³/mol. The maximum Gasteiger partial charge on any atom is 0.153 e. The highest BCUT2D eigenvalue weighted by Crippen LogP contribution is 2.44. The largest absolute Gasteiger partial charge is 0.298 e. The lowest BCUT2D eigenvalue weighted by atomic mass is 9.76. The predicted octanol–water partition coefficient (Wildman–Crippen LogP) is 2.93. The van der Waals surface area contributed by atoms with Gasteiger partial charge in [-0.3, -0.25) is 4.79 Å². The number of hydrogen-bond donors (Lipinski definition) is 0. The van der Waals surface area contributed by atoms with Crippen LogP contribution in [0, 0.1) is 28.6 Å². The molecule has 2 nitrogen and oxygen atoms in total. The van der Waals surface area contributed by atoms with Crippen LogP contribution in [0.3, 0.4) is 0 Å². The summed E-state index contributed by atoms with van der Waals surface area (Å²) in [6, 6.07) is 2.12. The summed E-state index contributed by atoms with van der Waals surface area (Å²) in [5.74, 6) is -0.0815. The molecule has 0 amide bonds. The fourth-order valence-corrected chi connectivity index (χ4v) is 2.45. The average molecular weight is 193 g/mol. The van der Waals surface area contributed by atoms with Gasteiger partial charge in [-0.2, -0.15) is 5.26 Å². The highest BCUT2D eigenvalue weighted by Gasteiger charge is 2.41. The number of carbonyl (C=O) groups is 1. The Kier molecular flexibility index (Phi) is 3.31. The van der Waals surface area contributed by atoms with Gasteiger partial charge in [0.1, 0.15) is 5.92 Å². The number of rotatable bonds is 3. The summed E-state index contributed by atoms with van der Waals surface area (Å²) in [7, 11) is 0. The molecule has 0 heterocycles. The summed E-state index contributed by atoms with van der Waals surface area (Å²) in [6.45, 7) is 6.20. The molecular weight excluding hydrogens is 174 g/mol. The minimum atomic E-state index is -0.377. The molecule has 0 aromatic heterocycles. The number of ketones is 1. The summed E-state index contributed by atoms with van der Waals surface area (Å²) in [5.41, 5.74) is 0.112. The van der Waals surface area contributed by atoms with Crippen LogP contribution in [0.2, 0.25) is 0 Å². The highest BCUT2D eigenvalue weighted by atomic mass is 16.1. The van der Waals surface area contributed by atoms with Crippen LogP contribution >= 0.6 is 0 Å². The molecule has 1 aliphatic rings. The van der Waals surface area contributed by atoms with Crippen LogP contribution in [0.25, 0.3) is 0 Å². The Morgan fingerprint density at radius 2 is 2.29 bits per heavy atom. The Bertz CT molecular complexity index is 262. The summed E-state index contributed by atoms with van der Waals surface area (Å²) < 4.78 is 0. The minimum Gasteiger partial charge on any atom is -0.298 e. The SMILES string of the molecule is CCC(C#N)C(=O)C1CCCC1(C)C. The van der Waals surface area contributed by atoms with E-state index < -0.39 is 0 Å². The van der Waals surface area contributed by atoms with E-state index in [0.717, 1.165) is 19.3 Å². The van der Waals surface area contributed by atoms with Gasteiger partial charge in [-0.25, -0.2) is 0 Å². The van der Waals surface area contributed by atoms with Gasteiger partial charge in [0.15, 0.2) is 5.78 Å². The van der Waals surface area contributed by atoms with Crippen molar-refractivity contribution in [3.05, 3.63) is 0 Å². The van der Waals surface area contributed by atoms with Gasteiger partial charge in [0, 0.05) is 5.92 Å². The Hall–Kier alpha value is -0.840. The molecule has 2 atom stereocenters. The molecule has 1 saturated carbocycles. The molecule has 2 heteroatoms. The van der Waals surface area contributed by atoms with Crippen LogP contribution in [-0.4, -0.2) is 5.78 Å². The number of hydrogen-bond acceptors (Lipinski definition) is 2. The summed E-state index contributed by atoms with van der Waals surface area (Å²) in [4.78, 5) is 12.0. The molecule has 1 rings (SSSR count). The van der Waals surface area contributed by atoms with Crippen molar-refractivity contribution >= 4 is 5.78 Å². The van der Waals surface area contributed by atoms with Crippen LogP contribution in [0.4, 0.5) is 0 Å². The van der Waals surface area contributed by atoms with Crippen molar-refractivity contribution in [2.24, 2.45) is 17.3 Å². The van der Waals surface area contributed by atoms with Crippen molar-refractivity contribution in [1.29, 1.82) is 5.26 Å². The van der Waals surface area contributed by atoms with Crippen LogP contribution in [-0.2, 0) is 4.79 Å². The summed E-state index contributed by atoms with van der Waals surface area (Å²) in [5, 5.41) is 8.86. The second-order valence-corrected chi connectivity index (χ2v) is 4.93. The first-order chi connectivity index (χ1) is 6.53.